The van der Waals surface area contributed by atoms with Crippen LogP contribution >= 0.6 is 0 Å². The maximum atomic E-state index is 12.2. The lowest BCUT2D eigenvalue weighted by Gasteiger charge is -2.31. The van der Waals surface area contributed by atoms with Crippen molar-refractivity contribution in [2.45, 2.75) is 44.7 Å². The molecule has 0 spiro atoms. The van der Waals surface area contributed by atoms with Crippen molar-refractivity contribution >= 4 is 6.03 Å². The lowest BCUT2D eigenvalue weighted by molar-refractivity contribution is 0.153. The predicted octanol–water partition coefficient (Wildman–Crippen LogP) is 2.65. The summed E-state index contributed by atoms with van der Waals surface area (Å²) in [5.41, 5.74) is 0.839. The summed E-state index contributed by atoms with van der Waals surface area (Å²) in [6.45, 7) is 1.91. The van der Waals surface area contributed by atoms with Gasteiger partial charge < -0.3 is 20.3 Å². The molecule has 1 heterocycles. The van der Waals surface area contributed by atoms with E-state index in [1.165, 1.54) is 0 Å². The average Bonchev–Trinajstić information content (AvgIpc) is 3.13. The Labute approximate surface area is 146 Å². The van der Waals surface area contributed by atoms with Gasteiger partial charge in [-0.2, -0.15) is 4.98 Å². The summed E-state index contributed by atoms with van der Waals surface area (Å²) in [6, 6.07) is 8.85. The van der Waals surface area contributed by atoms with Gasteiger partial charge in [0.15, 0.2) is 5.82 Å². The van der Waals surface area contributed by atoms with E-state index >= 15 is 0 Å². The average molecular weight is 344 g/mol. The molecule has 3 atom stereocenters. The number of nitrogens with zero attached hydrogens (tertiary/aromatic N) is 2. The Balaban J connectivity index is 1.57. The highest BCUT2D eigenvalue weighted by Crippen LogP contribution is 2.24. The second-order valence-electron chi connectivity index (χ2n) is 6.50. The summed E-state index contributed by atoms with van der Waals surface area (Å²) in [4.78, 5) is 16.6. The molecule has 1 aromatic heterocycles. The zero-order valence-corrected chi connectivity index (χ0v) is 14.3. The molecule has 1 aliphatic rings. The molecule has 1 fully saturated rings. The standard InChI is InChI=1S/C18H24N4O3/c1-12(16-21-17(25-22-16)13-7-3-2-4-8-13)19-18(24)20-15-10-6-5-9-14(15)11-23/h2-4,7-8,12,14-15,23H,5-6,9-11H2,1H3,(H2,19,20,24). The Bertz CT molecular complexity index is 689. The van der Waals surface area contributed by atoms with Crippen molar-refractivity contribution in [3.05, 3.63) is 36.2 Å². The minimum Gasteiger partial charge on any atom is -0.396 e. The number of nitrogens with one attached hydrogen (secondary N) is 2. The van der Waals surface area contributed by atoms with Gasteiger partial charge >= 0.3 is 6.03 Å². The minimum absolute atomic E-state index is 0.0103. The lowest BCUT2D eigenvalue weighted by atomic mass is 9.85. The van der Waals surface area contributed by atoms with Crippen LogP contribution in [0.5, 0.6) is 0 Å². The highest BCUT2D eigenvalue weighted by atomic mass is 16.5. The molecule has 0 bridgehead atoms. The van der Waals surface area contributed by atoms with Gasteiger partial charge in [-0.1, -0.05) is 36.2 Å². The van der Waals surface area contributed by atoms with Gasteiger partial charge in [-0.15, -0.1) is 0 Å². The van der Waals surface area contributed by atoms with E-state index in [1.807, 2.05) is 37.3 Å². The number of amides is 2. The fraction of sp³-hybridized carbons (Fsp3) is 0.500. The smallest absolute Gasteiger partial charge is 0.315 e. The van der Waals surface area contributed by atoms with Crippen LogP contribution in [0.25, 0.3) is 11.5 Å². The first-order valence-electron chi connectivity index (χ1n) is 8.74. The number of hydrogen-bond donors (Lipinski definition) is 3. The summed E-state index contributed by atoms with van der Waals surface area (Å²) in [6.07, 6.45) is 4.02. The predicted molar refractivity (Wildman–Crippen MR) is 92.6 cm³/mol. The van der Waals surface area contributed by atoms with E-state index in [2.05, 4.69) is 20.8 Å². The van der Waals surface area contributed by atoms with Gasteiger partial charge in [0.05, 0.1) is 6.04 Å². The molecule has 3 N–H and O–H groups in total. The first-order valence-corrected chi connectivity index (χ1v) is 8.74. The van der Waals surface area contributed by atoms with E-state index in [-0.39, 0.29) is 30.6 Å². The van der Waals surface area contributed by atoms with Gasteiger partial charge in [0.25, 0.3) is 5.89 Å². The first kappa shape index (κ1) is 17.4. The van der Waals surface area contributed by atoms with Crippen LogP contribution in [0.15, 0.2) is 34.9 Å². The molecule has 3 rings (SSSR count). The van der Waals surface area contributed by atoms with Crippen molar-refractivity contribution in [1.29, 1.82) is 0 Å². The number of aromatic nitrogens is 2. The minimum atomic E-state index is -0.377. The van der Waals surface area contributed by atoms with Crippen LogP contribution < -0.4 is 10.6 Å². The molecule has 7 nitrogen and oxygen atoms in total. The Morgan fingerprint density at radius 1 is 1.32 bits per heavy atom. The number of aliphatic hydroxyl groups is 1. The molecule has 3 unspecified atom stereocenters. The van der Waals surface area contributed by atoms with Crippen LogP contribution in [-0.4, -0.2) is 33.9 Å². The molecular weight excluding hydrogens is 320 g/mol. The second-order valence-corrected chi connectivity index (χ2v) is 6.50. The normalized spacial score (nSPS) is 21.5. The third-order valence-electron chi connectivity index (χ3n) is 4.66. The molecule has 7 heteroatoms. The third-order valence-corrected chi connectivity index (χ3v) is 4.66. The van der Waals surface area contributed by atoms with Crippen LogP contribution in [0.3, 0.4) is 0 Å². The zero-order chi connectivity index (χ0) is 17.6. The lowest BCUT2D eigenvalue weighted by Crippen LogP contribution is -2.48. The second kappa shape index (κ2) is 8.11. The molecule has 2 amide bonds. The maximum absolute atomic E-state index is 12.2. The van der Waals surface area contributed by atoms with E-state index in [1.54, 1.807) is 0 Å². The summed E-state index contributed by atoms with van der Waals surface area (Å²) in [7, 11) is 0. The number of carbonyl (C=O) groups excluding carboxylic acids is 1. The van der Waals surface area contributed by atoms with Crippen molar-refractivity contribution < 1.29 is 14.4 Å². The van der Waals surface area contributed by atoms with Crippen molar-refractivity contribution in [2.24, 2.45) is 5.92 Å². The van der Waals surface area contributed by atoms with E-state index in [0.717, 1.165) is 31.2 Å². The molecule has 1 aliphatic carbocycles. The highest BCUT2D eigenvalue weighted by Gasteiger charge is 2.26. The van der Waals surface area contributed by atoms with Crippen molar-refractivity contribution in [3.63, 3.8) is 0 Å². The van der Waals surface area contributed by atoms with Crippen LogP contribution in [0.2, 0.25) is 0 Å². The van der Waals surface area contributed by atoms with E-state index < -0.39 is 0 Å². The first-order chi connectivity index (χ1) is 12.2. The van der Waals surface area contributed by atoms with E-state index in [0.29, 0.717) is 11.7 Å². The van der Waals surface area contributed by atoms with Gasteiger partial charge in [0, 0.05) is 24.1 Å². The number of benzene rings is 1. The van der Waals surface area contributed by atoms with E-state index in [4.69, 9.17) is 4.52 Å². The van der Waals surface area contributed by atoms with Crippen LogP contribution in [-0.2, 0) is 0 Å². The largest absolute Gasteiger partial charge is 0.396 e. The van der Waals surface area contributed by atoms with Crippen LogP contribution in [0.4, 0.5) is 4.79 Å². The van der Waals surface area contributed by atoms with Crippen molar-refractivity contribution in [3.8, 4) is 11.5 Å². The zero-order valence-electron chi connectivity index (χ0n) is 14.3. The molecule has 1 saturated carbocycles. The molecule has 2 aromatic rings. The Morgan fingerprint density at radius 3 is 2.84 bits per heavy atom. The van der Waals surface area contributed by atoms with Gasteiger partial charge in [-0.3, -0.25) is 0 Å². The summed E-state index contributed by atoms with van der Waals surface area (Å²) in [5.74, 6) is 0.985. The Kier molecular flexibility index (Phi) is 5.65. The fourth-order valence-corrected chi connectivity index (χ4v) is 3.20. The third kappa shape index (κ3) is 4.36. The number of urea groups is 1. The number of rotatable bonds is 5. The summed E-state index contributed by atoms with van der Waals surface area (Å²) >= 11 is 0. The Hall–Kier alpha value is -2.41. The van der Waals surface area contributed by atoms with Gasteiger partial charge in [-0.05, 0) is 31.9 Å². The van der Waals surface area contributed by atoms with Gasteiger partial charge in [0.2, 0.25) is 0 Å². The molecule has 1 aromatic carbocycles. The Morgan fingerprint density at radius 2 is 2.08 bits per heavy atom. The highest BCUT2D eigenvalue weighted by molar-refractivity contribution is 5.74. The molecule has 134 valence electrons. The summed E-state index contributed by atoms with van der Waals surface area (Å²) < 4.78 is 5.27. The fourth-order valence-electron chi connectivity index (χ4n) is 3.20. The topological polar surface area (TPSA) is 100 Å². The van der Waals surface area contributed by atoms with Crippen LogP contribution in [0.1, 0.15) is 44.5 Å². The van der Waals surface area contributed by atoms with Crippen LogP contribution in [0, 0.1) is 5.92 Å². The van der Waals surface area contributed by atoms with Crippen molar-refractivity contribution in [1.82, 2.24) is 20.8 Å². The molecule has 0 saturated heterocycles. The molecular formula is C18H24N4O3. The SMILES string of the molecule is CC(NC(=O)NC1CCCCC1CO)c1noc(-c2ccccc2)n1. The number of hydrogen-bond acceptors (Lipinski definition) is 5. The quantitative estimate of drug-likeness (QED) is 0.774. The monoisotopic (exact) mass is 344 g/mol. The van der Waals surface area contributed by atoms with Crippen molar-refractivity contribution in [2.75, 3.05) is 6.61 Å². The molecule has 0 radical (unpaired) electrons. The number of aliphatic hydroxyl groups excluding tert-OH is 1. The number of carbonyl (C=O) groups is 1. The molecule has 25 heavy (non-hydrogen) atoms. The maximum Gasteiger partial charge on any atom is 0.315 e. The van der Waals surface area contributed by atoms with Gasteiger partial charge in [0.1, 0.15) is 0 Å². The van der Waals surface area contributed by atoms with E-state index in [9.17, 15) is 9.90 Å². The molecule has 0 aliphatic heterocycles. The summed E-state index contributed by atoms with van der Waals surface area (Å²) in [5, 5.41) is 19.2. The van der Waals surface area contributed by atoms with Gasteiger partial charge in [-0.25, -0.2) is 4.79 Å².